The van der Waals surface area contributed by atoms with Crippen LogP contribution in [0.15, 0.2) is 48.5 Å². The van der Waals surface area contributed by atoms with Crippen LogP contribution < -0.4 is 5.32 Å². The summed E-state index contributed by atoms with van der Waals surface area (Å²) in [6, 6.07) is 13.1. The third-order valence-corrected chi connectivity index (χ3v) is 3.54. The van der Waals surface area contributed by atoms with Crippen LogP contribution in [0.1, 0.15) is 11.1 Å². The van der Waals surface area contributed by atoms with Gasteiger partial charge in [0.1, 0.15) is 5.82 Å². The maximum atomic E-state index is 12.8. The van der Waals surface area contributed by atoms with Gasteiger partial charge in [0, 0.05) is 12.7 Å². The third kappa shape index (κ3) is 4.92. The first-order valence-electron chi connectivity index (χ1n) is 7.29. The van der Waals surface area contributed by atoms with Crippen molar-refractivity contribution in [1.82, 2.24) is 4.90 Å². The fourth-order valence-corrected chi connectivity index (χ4v) is 2.14. The first kappa shape index (κ1) is 16.7. The molecule has 120 valence electrons. The average Bonchev–Trinajstić information content (AvgIpc) is 2.51. The molecule has 0 radical (unpaired) electrons. The number of likely N-dealkylation sites (N-methyl/N-ethyl adjacent to an activating group) is 1. The van der Waals surface area contributed by atoms with E-state index >= 15 is 0 Å². The second kappa shape index (κ2) is 7.54. The highest BCUT2D eigenvalue weighted by Gasteiger charge is 2.14. The Kier molecular flexibility index (Phi) is 5.46. The summed E-state index contributed by atoms with van der Waals surface area (Å²) >= 11 is 0. The number of aryl methyl sites for hydroxylation is 1. The van der Waals surface area contributed by atoms with E-state index in [2.05, 4.69) is 5.32 Å². The van der Waals surface area contributed by atoms with Crippen molar-refractivity contribution in [3.8, 4) is 0 Å². The van der Waals surface area contributed by atoms with Crippen molar-refractivity contribution < 1.29 is 14.0 Å². The maximum Gasteiger partial charge on any atom is 0.243 e. The number of benzene rings is 2. The standard InChI is InChI=1S/C18H19FN2O2/c1-13-5-3-4-6-14(13)11-18(23)21(2)12-17(22)20-16-9-7-15(19)8-10-16/h3-10H,11-12H2,1-2H3,(H,20,22). The topological polar surface area (TPSA) is 49.4 Å². The molecule has 0 heterocycles. The molecule has 23 heavy (non-hydrogen) atoms. The SMILES string of the molecule is Cc1ccccc1CC(=O)N(C)CC(=O)Nc1ccc(F)cc1. The molecule has 0 bridgehead atoms. The number of carbonyl (C=O) groups excluding carboxylic acids is 2. The normalized spacial score (nSPS) is 10.2. The molecule has 0 aliphatic heterocycles. The summed E-state index contributed by atoms with van der Waals surface area (Å²) in [5, 5.41) is 2.63. The number of halogens is 1. The Morgan fingerprint density at radius 1 is 1.09 bits per heavy atom. The second-order valence-corrected chi connectivity index (χ2v) is 5.41. The fourth-order valence-electron chi connectivity index (χ4n) is 2.14. The molecular weight excluding hydrogens is 295 g/mol. The van der Waals surface area contributed by atoms with Gasteiger partial charge in [-0.3, -0.25) is 9.59 Å². The van der Waals surface area contributed by atoms with Crippen molar-refractivity contribution in [3.63, 3.8) is 0 Å². The lowest BCUT2D eigenvalue weighted by Crippen LogP contribution is -2.35. The van der Waals surface area contributed by atoms with Crippen LogP contribution in [0.5, 0.6) is 0 Å². The highest BCUT2D eigenvalue weighted by atomic mass is 19.1. The number of nitrogens with one attached hydrogen (secondary N) is 1. The zero-order valence-electron chi connectivity index (χ0n) is 13.2. The molecule has 0 fully saturated rings. The van der Waals surface area contributed by atoms with Crippen LogP contribution in [0.2, 0.25) is 0 Å². The number of rotatable bonds is 5. The molecule has 0 saturated heterocycles. The van der Waals surface area contributed by atoms with Gasteiger partial charge in [0.15, 0.2) is 0 Å². The minimum absolute atomic E-state index is 0.0535. The quantitative estimate of drug-likeness (QED) is 0.922. The average molecular weight is 314 g/mol. The van der Waals surface area contributed by atoms with E-state index in [4.69, 9.17) is 0 Å². The summed E-state index contributed by atoms with van der Waals surface area (Å²) in [6.45, 7) is 1.89. The molecule has 0 spiro atoms. The predicted octanol–water partition coefficient (Wildman–Crippen LogP) is 2.77. The number of anilines is 1. The van der Waals surface area contributed by atoms with Crippen LogP contribution in [0.4, 0.5) is 10.1 Å². The van der Waals surface area contributed by atoms with Crippen LogP contribution in [-0.4, -0.2) is 30.3 Å². The fraction of sp³-hybridized carbons (Fsp3) is 0.222. The van der Waals surface area contributed by atoms with Crippen LogP contribution in [0, 0.1) is 12.7 Å². The molecule has 0 unspecified atom stereocenters. The molecule has 2 aromatic carbocycles. The predicted molar refractivity (Wildman–Crippen MR) is 87.5 cm³/mol. The summed E-state index contributed by atoms with van der Waals surface area (Å²) in [7, 11) is 1.59. The van der Waals surface area contributed by atoms with Crippen LogP contribution in [0.3, 0.4) is 0 Å². The van der Waals surface area contributed by atoms with E-state index in [0.717, 1.165) is 11.1 Å². The molecule has 0 aliphatic carbocycles. The van der Waals surface area contributed by atoms with Crippen molar-refractivity contribution in [2.45, 2.75) is 13.3 Å². The van der Waals surface area contributed by atoms with Crippen LogP contribution >= 0.6 is 0 Å². The van der Waals surface area contributed by atoms with Gasteiger partial charge in [0.25, 0.3) is 0 Å². The van der Waals surface area contributed by atoms with E-state index < -0.39 is 0 Å². The summed E-state index contributed by atoms with van der Waals surface area (Å²) in [6.07, 6.45) is 0.257. The molecule has 2 aromatic rings. The summed E-state index contributed by atoms with van der Waals surface area (Å²) in [4.78, 5) is 25.5. The molecular formula is C18H19FN2O2. The smallest absolute Gasteiger partial charge is 0.243 e. The van der Waals surface area contributed by atoms with Gasteiger partial charge in [-0.1, -0.05) is 24.3 Å². The Bertz CT molecular complexity index is 698. The number of amides is 2. The summed E-state index contributed by atoms with van der Waals surface area (Å²) < 4.78 is 12.8. The molecule has 4 nitrogen and oxygen atoms in total. The highest BCUT2D eigenvalue weighted by Crippen LogP contribution is 2.10. The van der Waals surface area contributed by atoms with Crippen LogP contribution in [-0.2, 0) is 16.0 Å². The summed E-state index contributed by atoms with van der Waals surface area (Å²) in [5.74, 6) is -0.820. The van der Waals surface area contributed by atoms with E-state index in [1.54, 1.807) is 7.05 Å². The third-order valence-electron chi connectivity index (χ3n) is 3.54. The van der Waals surface area contributed by atoms with E-state index in [0.29, 0.717) is 5.69 Å². The molecule has 2 amide bonds. The number of hydrogen-bond donors (Lipinski definition) is 1. The Morgan fingerprint density at radius 3 is 2.39 bits per heavy atom. The summed E-state index contributed by atoms with van der Waals surface area (Å²) in [5.41, 5.74) is 2.49. The highest BCUT2D eigenvalue weighted by molar-refractivity contribution is 5.94. The van der Waals surface area contributed by atoms with Gasteiger partial charge >= 0.3 is 0 Å². The Labute approximate surface area is 134 Å². The van der Waals surface area contributed by atoms with Gasteiger partial charge in [-0.15, -0.1) is 0 Å². The molecule has 2 rings (SSSR count). The Morgan fingerprint density at radius 2 is 1.74 bits per heavy atom. The second-order valence-electron chi connectivity index (χ2n) is 5.41. The van der Waals surface area contributed by atoms with Gasteiger partial charge in [0.05, 0.1) is 13.0 Å². The van der Waals surface area contributed by atoms with E-state index in [1.165, 1.54) is 29.2 Å². The van der Waals surface area contributed by atoms with Crippen molar-refractivity contribution in [1.29, 1.82) is 0 Å². The maximum absolute atomic E-state index is 12.8. The molecule has 5 heteroatoms. The number of nitrogens with zero attached hydrogens (tertiary/aromatic N) is 1. The van der Waals surface area contributed by atoms with Gasteiger partial charge in [-0.05, 0) is 42.3 Å². The van der Waals surface area contributed by atoms with Crippen molar-refractivity contribution in [2.75, 3.05) is 18.9 Å². The zero-order chi connectivity index (χ0) is 16.8. The monoisotopic (exact) mass is 314 g/mol. The Balaban J connectivity index is 1.89. The van der Waals surface area contributed by atoms with Crippen molar-refractivity contribution >= 4 is 17.5 Å². The lowest BCUT2D eigenvalue weighted by molar-refractivity contribution is -0.132. The minimum atomic E-state index is -0.367. The lowest BCUT2D eigenvalue weighted by atomic mass is 10.1. The first-order chi connectivity index (χ1) is 11.0. The lowest BCUT2D eigenvalue weighted by Gasteiger charge is -2.17. The minimum Gasteiger partial charge on any atom is -0.336 e. The van der Waals surface area contributed by atoms with Gasteiger partial charge in [0.2, 0.25) is 11.8 Å². The van der Waals surface area contributed by atoms with E-state index in [9.17, 15) is 14.0 Å². The van der Waals surface area contributed by atoms with Gasteiger partial charge in [-0.25, -0.2) is 4.39 Å². The number of carbonyl (C=O) groups is 2. The van der Waals surface area contributed by atoms with Crippen molar-refractivity contribution in [3.05, 3.63) is 65.5 Å². The molecule has 0 aliphatic rings. The van der Waals surface area contributed by atoms with E-state index in [-0.39, 0.29) is 30.6 Å². The largest absolute Gasteiger partial charge is 0.336 e. The molecule has 0 saturated carbocycles. The molecule has 1 N–H and O–H groups in total. The molecule has 0 atom stereocenters. The molecule has 0 aromatic heterocycles. The first-order valence-corrected chi connectivity index (χ1v) is 7.29. The van der Waals surface area contributed by atoms with Gasteiger partial charge in [-0.2, -0.15) is 0 Å². The van der Waals surface area contributed by atoms with Gasteiger partial charge < -0.3 is 10.2 Å². The van der Waals surface area contributed by atoms with Crippen LogP contribution in [0.25, 0.3) is 0 Å². The van der Waals surface area contributed by atoms with Crippen molar-refractivity contribution in [2.24, 2.45) is 0 Å². The number of hydrogen-bond acceptors (Lipinski definition) is 2. The zero-order valence-corrected chi connectivity index (χ0v) is 13.2. The Hall–Kier alpha value is -2.69. The van der Waals surface area contributed by atoms with E-state index in [1.807, 2.05) is 31.2 Å².